The normalized spacial score (nSPS) is 27.4. The van der Waals surface area contributed by atoms with Gasteiger partial charge in [-0.2, -0.15) is 0 Å². The largest absolute Gasteiger partial charge is 0.247 e. The number of hydrogen-bond donors (Lipinski definition) is 0. The van der Waals surface area contributed by atoms with Crippen LogP contribution < -0.4 is 0 Å². The third kappa shape index (κ3) is 0.743. The molecule has 0 aliphatic heterocycles. The summed E-state index contributed by atoms with van der Waals surface area (Å²) in [6.07, 6.45) is 2.67. The first-order valence-electron chi connectivity index (χ1n) is 3.35. The van der Waals surface area contributed by atoms with Crippen molar-refractivity contribution in [3.8, 4) is 0 Å². The van der Waals surface area contributed by atoms with Crippen LogP contribution in [0.25, 0.3) is 0 Å². The molecule has 1 aliphatic rings. The zero-order chi connectivity index (χ0) is 6.20. The van der Waals surface area contributed by atoms with E-state index in [1.807, 2.05) is 0 Å². The summed E-state index contributed by atoms with van der Waals surface area (Å²) in [5.74, 6) is 0. The lowest BCUT2D eigenvalue weighted by molar-refractivity contribution is 0.222. The summed E-state index contributed by atoms with van der Waals surface area (Å²) in [7, 11) is 0. The van der Waals surface area contributed by atoms with Crippen molar-refractivity contribution >= 4 is 0 Å². The van der Waals surface area contributed by atoms with Gasteiger partial charge in [-0.05, 0) is 26.2 Å². The number of halogens is 1. The molecule has 1 heteroatoms. The average molecular weight is 116 g/mol. The Balaban J connectivity index is 2.41. The van der Waals surface area contributed by atoms with Gasteiger partial charge in [-0.3, -0.25) is 0 Å². The van der Waals surface area contributed by atoms with Crippen molar-refractivity contribution in [1.82, 2.24) is 0 Å². The molecule has 1 rings (SSSR count). The van der Waals surface area contributed by atoms with Gasteiger partial charge in [0.1, 0.15) is 6.17 Å². The van der Waals surface area contributed by atoms with Crippen molar-refractivity contribution in [2.75, 3.05) is 0 Å². The molecule has 0 radical (unpaired) electrons. The van der Waals surface area contributed by atoms with E-state index >= 15 is 0 Å². The molecule has 1 aliphatic carbocycles. The smallest absolute Gasteiger partial charge is 0.103 e. The minimum absolute atomic E-state index is 0.125. The maximum absolute atomic E-state index is 12.5. The molecule has 0 saturated heterocycles. The average Bonchev–Trinajstić information content (AvgIpc) is 2.44. The molecule has 0 amide bonds. The van der Waals surface area contributed by atoms with Crippen LogP contribution in [0.4, 0.5) is 4.39 Å². The molecule has 48 valence electrons. The summed E-state index contributed by atoms with van der Waals surface area (Å²) in [5, 5.41) is 0. The molecule has 1 saturated carbocycles. The fourth-order valence-electron chi connectivity index (χ4n) is 1.19. The minimum Gasteiger partial charge on any atom is -0.247 e. The second kappa shape index (κ2) is 1.71. The molecule has 0 nitrogen and oxygen atoms in total. The molecular formula is C7H13F. The van der Waals surface area contributed by atoms with Gasteiger partial charge < -0.3 is 0 Å². The fourth-order valence-corrected chi connectivity index (χ4v) is 1.19. The number of alkyl halides is 1. The summed E-state index contributed by atoms with van der Waals surface area (Å²) in [6.45, 7) is 3.75. The zero-order valence-electron chi connectivity index (χ0n) is 5.58. The molecule has 0 aromatic rings. The van der Waals surface area contributed by atoms with Crippen LogP contribution in [-0.4, -0.2) is 6.17 Å². The molecule has 1 unspecified atom stereocenters. The summed E-state index contributed by atoms with van der Waals surface area (Å²) < 4.78 is 12.5. The van der Waals surface area contributed by atoms with E-state index in [2.05, 4.69) is 6.92 Å². The van der Waals surface area contributed by atoms with Gasteiger partial charge in [0, 0.05) is 5.41 Å². The van der Waals surface area contributed by atoms with E-state index in [-0.39, 0.29) is 5.41 Å². The Morgan fingerprint density at radius 1 is 1.62 bits per heavy atom. The predicted octanol–water partition coefficient (Wildman–Crippen LogP) is 2.53. The molecule has 1 atom stereocenters. The topological polar surface area (TPSA) is 0 Å². The highest BCUT2D eigenvalue weighted by Gasteiger charge is 2.45. The maximum Gasteiger partial charge on any atom is 0.103 e. The fraction of sp³-hybridized carbons (Fsp3) is 1.00. The second-order valence-electron chi connectivity index (χ2n) is 2.83. The van der Waals surface area contributed by atoms with Crippen molar-refractivity contribution in [3.05, 3.63) is 0 Å². The lowest BCUT2D eigenvalue weighted by Crippen LogP contribution is -2.11. The first-order valence-corrected chi connectivity index (χ1v) is 3.35. The van der Waals surface area contributed by atoms with E-state index in [0.717, 1.165) is 19.3 Å². The van der Waals surface area contributed by atoms with Crippen LogP contribution in [0.3, 0.4) is 0 Å². The van der Waals surface area contributed by atoms with Gasteiger partial charge in [0.05, 0.1) is 0 Å². The van der Waals surface area contributed by atoms with Crippen LogP contribution >= 0.6 is 0 Å². The summed E-state index contributed by atoms with van der Waals surface area (Å²) in [6, 6.07) is 0. The van der Waals surface area contributed by atoms with Gasteiger partial charge >= 0.3 is 0 Å². The third-order valence-corrected chi connectivity index (χ3v) is 2.44. The van der Waals surface area contributed by atoms with Gasteiger partial charge in [-0.15, -0.1) is 0 Å². The van der Waals surface area contributed by atoms with E-state index in [9.17, 15) is 4.39 Å². The van der Waals surface area contributed by atoms with E-state index < -0.39 is 6.17 Å². The van der Waals surface area contributed by atoms with Crippen LogP contribution in [0.1, 0.15) is 33.1 Å². The van der Waals surface area contributed by atoms with Crippen LogP contribution in [0.5, 0.6) is 0 Å². The molecular weight excluding hydrogens is 103 g/mol. The second-order valence-corrected chi connectivity index (χ2v) is 2.83. The Hall–Kier alpha value is -0.0700. The Labute approximate surface area is 50.1 Å². The Kier molecular flexibility index (Phi) is 1.30. The van der Waals surface area contributed by atoms with Crippen molar-refractivity contribution in [3.63, 3.8) is 0 Å². The summed E-state index contributed by atoms with van der Waals surface area (Å²) in [4.78, 5) is 0. The highest BCUT2D eigenvalue weighted by molar-refractivity contribution is 4.95. The molecule has 0 bridgehead atoms. The Bertz CT molecular complexity index is 82.4. The molecule has 8 heavy (non-hydrogen) atoms. The van der Waals surface area contributed by atoms with Gasteiger partial charge in [0.25, 0.3) is 0 Å². The lowest BCUT2D eigenvalue weighted by atomic mass is 9.99. The quantitative estimate of drug-likeness (QED) is 0.520. The van der Waals surface area contributed by atoms with Crippen LogP contribution in [0, 0.1) is 5.41 Å². The first-order chi connectivity index (χ1) is 3.71. The van der Waals surface area contributed by atoms with E-state index in [1.54, 1.807) is 6.92 Å². The van der Waals surface area contributed by atoms with Crippen molar-refractivity contribution < 1.29 is 4.39 Å². The van der Waals surface area contributed by atoms with E-state index in [4.69, 9.17) is 0 Å². The molecule has 1 fully saturated rings. The van der Waals surface area contributed by atoms with E-state index in [1.165, 1.54) is 0 Å². The molecule has 0 N–H and O–H groups in total. The number of rotatable bonds is 2. The standard InChI is InChI=1S/C7H13F/c1-3-7(4-5-7)6(2)8/h6H,3-5H2,1-2H3. The molecule has 0 aromatic carbocycles. The Morgan fingerprint density at radius 2 is 2.12 bits per heavy atom. The summed E-state index contributed by atoms with van der Waals surface area (Å²) in [5.41, 5.74) is 0.125. The van der Waals surface area contributed by atoms with Crippen LogP contribution in [-0.2, 0) is 0 Å². The Morgan fingerprint density at radius 3 is 2.12 bits per heavy atom. The number of hydrogen-bond acceptors (Lipinski definition) is 0. The van der Waals surface area contributed by atoms with Crippen LogP contribution in [0.15, 0.2) is 0 Å². The van der Waals surface area contributed by atoms with Crippen molar-refractivity contribution in [2.24, 2.45) is 5.41 Å². The SMILES string of the molecule is CCC1(C(C)F)CC1. The van der Waals surface area contributed by atoms with Gasteiger partial charge in [0.15, 0.2) is 0 Å². The lowest BCUT2D eigenvalue weighted by Gasteiger charge is -2.11. The van der Waals surface area contributed by atoms with Crippen molar-refractivity contribution in [2.45, 2.75) is 39.3 Å². The monoisotopic (exact) mass is 116 g/mol. The minimum atomic E-state index is -0.576. The molecule has 0 heterocycles. The predicted molar refractivity (Wildman–Crippen MR) is 32.5 cm³/mol. The van der Waals surface area contributed by atoms with Gasteiger partial charge in [-0.1, -0.05) is 6.92 Å². The first kappa shape index (κ1) is 6.06. The van der Waals surface area contributed by atoms with Crippen LogP contribution in [0.2, 0.25) is 0 Å². The zero-order valence-corrected chi connectivity index (χ0v) is 5.58. The van der Waals surface area contributed by atoms with E-state index in [0.29, 0.717) is 0 Å². The molecule has 0 aromatic heterocycles. The summed E-state index contributed by atoms with van der Waals surface area (Å²) >= 11 is 0. The van der Waals surface area contributed by atoms with Gasteiger partial charge in [-0.25, -0.2) is 4.39 Å². The van der Waals surface area contributed by atoms with Gasteiger partial charge in [0.2, 0.25) is 0 Å². The highest BCUT2D eigenvalue weighted by atomic mass is 19.1. The molecule has 0 spiro atoms. The maximum atomic E-state index is 12.5. The third-order valence-electron chi connectivity index (χ3n) is 2.44. The highest BCUT2D eigenvalue weighted by Crippen LogP contribution is 2.52. The van der Waals surface area contributed by atoms with Crippen molar-refractivity contribution in [1.29, 1.82) is 0 Å².